The van der Waals surface area contributed by atoms with Gasteiger partial charge in [-0.2, -0.15) is 0 Å². The summed E-state index contributed by atoms with van der Waals surface area (Å²) < 4.78 is 18.8. The Balaban J connectivity index is 2.34. The Labute approximate surface area is 115 Å². The van der Waals surface area contributed by atoms with Crippen molar-refractivity contribution in [1.82, 2.24) is 0 Å². The molecule has 0 amide bonds. The van der Waals surface area contributed by atoms with Crippen LogP contribution in [-0.2, 0) is 4.74 Å². The van der Waals surface area contributed by atoms with E-state index in [1.165, 1.54) is 11.0 Å². The summed E-state index contributed by atoms with van der Waals surface area (Å²) in [5, 5.41) is 19.0. The smallest absolute Gasteiger partial charge is 0.340 e. The molecule has 4 N–H and O–H groups in total. The van der Waals surface area contributed by atoms with Gasteiger partial charge in [0.15, 0.2) is 0 Å². The molecule has 1 aromatic carbocycles. The third-order valence-corrected chi connectivity index (χ3v) is 3.21. The highest BCUT2D eigenvalue weighted by molar-refractivity contribution is 5.96. The molecule has 6 nitrogen and oxygen atoms in total. The lowest BCUT2D eigenvalue weighted by Crippen LogP contribution is -2.23. The lowest BCUT2D eigenvalue weighted by atomic mass is 10.1. The molecule has 1 saturated heterocycles. The monoisotopic (exact) mass is 284 g/mol. The first kappa shape index (κ1) is 14.5. The number of aliphatic hydroxyl groups is 2. The first-order valence-corrected chi connectivity index (χ1v) is 6.31. The van der Waals surface area contributed by atoms with Crippen molar-refractivity contribution in [2.45, 2.75) is 19.1 Å². The van der Waals surface area contributed by atoms with E-state index >= 15 is 0 Å². The summed E-state index contributed by atoms with van der Waals surface area (Å²) in [6.45, 7) is 2.02. The second kappa shape index (κ2) is 5.64. The minimum absolute atomic E-state index is 0.00926. The molecular weight excluding hydrogens is 267 g/mol. The predicted molar refractivity (Wildman–Crippen MR) is 71.0 cm³/mol. The number of carbonyl (C=O) groups excluding carboxylic acids is 1. The summed E-state index contributed by atoms with van der Waals surface area (Å²) in [7, 11) is 0. The average Bonchev–Trinajstić information content (AvgIpc) is 2.69. The highest BCUT2D eigenvalue weighted by Gasteiger charge is 2.31. The summed E-state index contributed by atoms with van der Waals surface area (Å²) in [6, 6.07) is 2.33. The van der Waals surface area contributed by atoms with Crippen molar-refractivity contribution in [2.75, 3.05) is 30.3 Å². The number of esters is 1. The van der Waals surface area contributed by atoms with Gasteiger partial charge in [0.1, 0.15) is 5.82 Å². The molecule has 1 aliphatic heterocycles. The second-order valence-electron chi connectivity index (χ2n) is 4.65. The van der Waals surface area contributed by atoms with Crippen LogP contribution in [0, 0.1) is 5.82 Å². The number of nitrogens with two attached hydrogens (primary N) is 1. The first-order chi connectivity index (χ1) is 9.43. The zero-order valence-corrected chi connectivity index (χ0v) is 11.0. The standard InChI is InChI=1S/C13H17FN2O4/c1-2-20-13(19)7-3-10(8(14)4-9(7)15)16-5-11(17)12(18)6-16/h3-4,11-12,17-18H,2,5-6,15H2,1H3. The molecule has 0 aliphatic carbocycles. The number of nitrogens with zero attached hydrogens (tertiary/aromatic N) is 1. The summed E-state index contributed by atoms with van der Waals surface area (Å²) in [5.74, 6) is -1.25. The summed E-state index contributed by atoms with van der Waals surface area (Å²) in [6.07, 6.45) is -1.89. The fourth-order valence-electron chi connectivity index (χ4n) is 2.17. The molecule has 7 heteroatoms. The van der Waals surface area contributed by atoms with Crippen LogP contribution in [0.15, 0.2) is 12.1 Å². The van der Waals surface area contributed by atoms with Gasteiger partial charge in [-0.1, -0.05) is 0 Å². The predicted octanol–water partition coefficient (Wildman–Crippen LogP) is 0.126. The van der Waals surface area contributed by atoms with Crippen molar-refractivity contribution >= 4 is 17.3 Å². The van der Waals surface area contributed by atoms with Crippen molar-refractivity contribution in [3.8, 4) is 0 Å². The van der Waals surface area contributed by atoms with Crippen LogP contribution in [0.2, 0.25) is 0 Å². The number of aliphatic hydroxyl groups excluding tert-OH is 2. The Hall–Kier alpha value is -1.86. The van der Waals surface area contributed by atoms with Gasteiger partial charge in [0.05, 0.1) is 30.1 Å². The maximum absolute atomic E-state index is 13.9. The van der Waals surface area contributed by atoms with Crippen LogP contribution in [0.5, 0.6) is 0 Å². The third kappa shape index (κ3) is 2.68. The molecule has 110 valence electrons. The lowest BCUT2D eigenvalue weighted by Gasteiger charge is -2.20. The molecule has 2 rings (SSSR count). The third-order valence-electron chi connectivity index (χ3n) is 3.21. The average molecular weight is 284 g/mol. The maximum atomic E-state index is 13.9. The van der Waals surface area contributed by atoms with Crippen molar-refractivity contribution < 1.29 is 24.1 Å². The number of hydrogen-bond donors (Lipinski definition) is 3. The molecule has 1 heterocycles. The molecule has 2 atom stereocenters. The van der Waals surface area contributed by atoms with E-state index in [0.717, 1.165) is 6.07 Å². The van der Waals surface area contributed by atoms with Crippen molar-refractivity contribution in [2.24, 2.45) is 0 Å². The fraction of sp³-hybridized carbons (Fsp3) is 0.462. The first-order valence-electron chi connectivity index (χ1n) is 6.31. The molecule has 20 heavy (non-hydrogen) atoms. The van der Waals surface area contributed by atoms with E-state index in [0.29, 0.717) is 0 Å². The quantitative estimate of drug-likeness (QED) is 0.539. The van der Waals surface area contributed by atoms with Crippen LogP contribution in [0.4, 0.5) is 15.8 Å². The maximum Gasteiger partial charge on any atom is 0.340 e. The summed E-state index contributed by atoms with van der Waals surface area (Å²) in [4.78, 5) is 13.2. The number of hydrogen-bond acceptors (Lipinski definition) is 6. The van der Waals surface area contributed by atoms with Gasteiger partial charge in [0.25, 0.3) is 0 Å². The van der Waals surface area contributed by atoms with E-state index in [1.54, 1.807) is 6.92 Å². The van der Waals surface area contributed by atoms with Gasteiger partial charge >= 0.3 is 5.97 Å². The molecule has 0 radical (unpaired) electrons. The number of ether oxygens (including phenoxy) is 1. The number of β-amino-alcohol motifs (C(OH)–C–C–N with tert-alkyl or cyclic N) is 2. The summed E-state index contributed by atoms with van der Waals surface area (Å²) in [5.41, 5.74) is 5.79. The zero-order valence-electron chi connectivity index (χ0n) is 11.0. The molecule has 1 fully saturated rings. The fourth-order valence-corrected chi connectivity index (χ4v) is 2.17. The van der Waals surface area contributed by atoms with Gasteiger partial charge in [0, 0.05) is 18.8 Å². The molecular formula is C13H17FN2O4. The topological polar surface area (TPSA) is 96.0 Å². The van der Waals surface area contributed by atoms with E-state index in [4.69, 9.17) is 10.5 Å². The number of nitrogen functional groups attached to an aromatic ring is 1. The van der Waals surface area contributed by atoms with Gasteiger partial charge in [0.2, 0.25) is 0 Å². The van der Waals surface area contributed by atoms with E-state index in [1.807, 2.05) is 0 Å². The number of halogens is 1. The zero-order chi connectivity index (χ0) is 14.9. The Kier molecular flexibility index (Phi) is 4.10. The minimum atomic E-state index is -0.946. The van der Waals surface area contributed by atoms with Crippen molar-refractivity contribution in [1.29, 1.82) is 0 Å². The highest BCUT2D eigenvalue weighted by Crippen LogP contribution is 2.28. The van der Waals surface area contributed by atoms with Crippen LogP contribution >= 0.6 is 0 Å². The molecule has 2 unspecified atom stereocenters. The van der Waals surface area contributed by atoms with E-state index in [9.17, 15) is 19.4 Å². The van der Waals surface area contributed by atoms with Gasteiger partial charge < -0.3 is 25.6 Å². The van der Waals surface area contributed by atoms with Crippen LogP contribution in [0.3, 0.4) is 0 Å². The van der Waals surface area contributed by atoms with E-state index in [2.05, 4.69) is 0 Å². The Morgan fingerprint density at radius 1 is 1.45 bits per heavy atom. The van der Waals surface area contributed by atoms with Gasteiger partial charge in [-0.05, 0) is 19.1 Å². The molecule has 0 saturated carbocycles. The van der Waals surface area contributed by atoms with Crippen LogP contribution in [0.1, 0.15) is 17.3 Å². The van der Waals surface area contributed by atoms with Crippen LogP contribution < -0.4 is 10.6 Å². The number of carbonyl (C=O) groups is 1. The SMILES string of the molecule is CCOC(=O)c1cc(N2CC(O)C(O)C2)c(F)cc1N. The van der Waals surface area contributed by atoms with Gasteiger partial charge in [-0.3, -0.25) is 0 Å². The molecule has 1 aliphatic rings. The molecule has 0 bridgehead atoms. The Bertz CT molecular complexity index is 513. The highest BCUT2D eigenvalue weighted by atomic mass is 19.1. The van der Waals surface area contributed by atoms with E-state index < -0.39 is 24.0 Å². The molecule has 0 spiro atoms. The Morgan fingerprint density at radius 2 is 2.05 bits per heavy atom. The number of rotatable bonds is 3. The van der Waals surface area contributed by atoms with Crippen molar-refractivity contribution in [3.63, 3.8) is 0 Å². The van der Waals surface area contributed by atoms with Gasteiger partial charge in [-0.15, -0.1) is 0 Å². The van der Waals surface area contributed by atoms with Gasteiger partial charge in [-0.25, -0.2) is 9.18 Å². The molecule has 0 aromatic heterocycles. The minimum Gasteiger partial charge on any atom is -0.462 e. The number of benzene rings is 1. The number of anilines is 2. The second-order valence-corrected chi connectivity index (χ2v) is 4.65. The lowest BCUT2D eigenvalue weighted by molar-refractivity contribution is 0.0527. The molecule has 1 aromatic rings. The van der Waals surface area contributed by atoms with Crippen LogP contribution in [0.25, 0.3) is 0 Å². The largest absolute Gasteiger partial charge is 0.462 e. The van der Waals surface area contributed by atoms with Crippen LogP contribution in [-0.4, -0.2) is 48.1 Å². The Morgan fingerprint density at radius 3 is 2.60 bits per heavy atom. The normalized spacial score (nSPS) is 22.1. The van der Waals surface area contributed by atoms with E-state index in [-0.39, 0.29) is 36.6 Å². The van der Waals surface area contributed by atoms with Crippen molar-refractivity contribution in [3.05, 3.63) is 23.5 Å². The summed E-state index contributed by atoms with van der Waals surface area (Å²) >= 11 is 0.